The van der Waals surface area contributed by atoms with Gasteiger partial charge < -0.3 is 27.2 Å². The second-order valence-corrected chi connectivity index (χ2v) is 5.89. The maximum Gasteiger partial charge on any atom is 0.260 e. The van der Waals surface area contributed by atoms with E-state index in [9.17, 15) is 14.7 Å². The van der Waals surface area contributed by atoms with Gasteiger partial charge in [0, 0.05) is 19.7 Å². The van der Waals surface area contributed by atoms with E-state index in [1.165, 1.54) is 0 Å². The Labute approximate surface area is 120 Å². The van der Waals surface area contributed by atoms with Crippen molar-refractivity contribution in [3.63, 3.8) is 0 Å². The molecular formula is C12H18N4O3S. The lowest BCUT2D eigenvalue weighted by Gasteiger charge is -2.33. The van der Waals surface area contributed by atoms with Crippen molar-refractivity contribution < 1.29 is 14.7 Å². The molecule has 0 aliphatic carbocycles. The Morgan fingerprint density at radius 3 is 2.60 bits per heavy atom. The van der Waals surface area contributed by atoms with Gasteiger partial charge in [0.05, 0.1) is 11.3 Å². The third-order valence-electron chi connectivity index (χ3n) is 3.46. The average Bonchev–Trinajstić information content (AvgIpc) is 2.76. The third-order valence-corrected chi connectivity index (χ3v) is 4.74. The Morgan fingerprint density at radius 2 is 2.05 bits per heavy atom. The molecule has 8 heteroatoms. The molecule has 7 nitrogen and oxygen atoms in total. The highest BCUT2D eigenvalue weighted by molar-refractivity contribution is 7.19. The fraction of sp³-hybridized carbons (Fsp3) is 0.500. The van der Waals surface area contributed by atoms with Crippen LogP contribution in [0, 0.1) is 5.92 Å². The second kappa shape index (κ2) is 5.68. The van der Waals surface area contributed by atoms with Crippen molar-refractivity contribution in [3.05, 3.63) is 10.4 Å². The second-order valence-electron chi connectivity index (χ2n) is 4.89. The van der Waals surface area contributed by atoms with Crippen molar-refractivity contribution >= 4 is 33.8 Å². The number of hydrogen-bond acceptors (Lipinski definition) is 6. The van der Waals surface area contributed by atoms with Crippen LogP contribution < -0.4 is 22.1 Å². The van der Waals surface area contributed by atoms with E-state index in [-0.39, 0.29) is 28.7 Å². The predicted octanol–water partition coefficient (Wildman–Crippen LogP) is -0.263. The number of amides is 2. The van der Waals surface area contributed by atoms with Gasteiger partial charge in [0.2, 0.25) is 0 Å². The van der Waals surface area contributed by atoms with E-state index >= 15 is 0 Å². The summed E-state index contributed by atoms with van der Waals surface area (Å²) < 4.78 is 0. The Kier molecular flexibility index (Phi) is 4.15. The van der Waals surface area contributed by atoms with Crippen molar-refractivity contribution in [2.24, 2.45) is 17.4 Å². The minimum Gasteiger partial charge on any atom is -0.397 e. The van der Waals surface area contributed by atoms with Crippen molar-refractivity contribution in [2.45, 2.75) is 12.8 Å². The number of nitrogens with zero attached hydrogens (tertiary/aromatic N) is 1. The van der Waals surface area contributed by atoms with Gasteiger partial charge in [-0.2, -0.15) is 0 Å². The standard InChI is InChI=1S/C12H18N4O3S/c13-8-7(10(14)18)12(20-9(8)11(15)19)16-3-1-2-6(4-16)5-17/h6,17H,1-5,13H2,(H2,14,18)(H2,15,19). The molecule has 0 aromatic carbocycles. The molecule has 1 aromatic rings. The number of rotatable bonds is 4. The Hall–Kier alpha value is -1.80. The molecule has 110 valence electrons. The fourth-order valence-electron chi connectivity index (χ4n) is 2.47. The monoisotopic (exact) mass is 298 g/mol. The maximum atomic E-state index is 11.6. The molecular weight excluding hydrogens is 280 g/mol. The summed E-state index contributed by atoms with van der Waals surface area (Å²) in [6.07, 6.45) is 1.83. The lowest BCUT2D eigenvalue weighted by molar-refractivity contribution is 0.0999. The minimum atomic E-state index is -0.674. The first-order valence-corrected chi connectivity index (χ1v) is 7.15. The first-order valence-electron chi connectivity index (χ1n) is 6.33. The summed E-state index contributed by atoms with van der Waals surface area (Å²) in [4.78, 5) is 25.0. The number of thiophene rings is 1. The van der Waals surface area contributed by atoms with Crippen LogP contribution in [0.3, 0.4) is 0 Å². The number of nitrogens with two attached hydrogens (primary N) is 3. The van der Waals surface area contributed by atoms with Gasteiger partial charge in [-0.3, -0.25) is 9.59 Å². The van der Waals surface area contributed by atoms with E-state index in [0.29, 0.717) is 11.5 Å². The lowest BCUT2D eigenvalue weighted by atomic mass is 9.99. The van der Waals surface area contributed by atoms with E-state index in [2.05, 4.69) is 0 Å². The molecule has 0 bridgehead atoms. The summed E-state index contributed by atoms with van der Waals surface area (Å²) in [5, 5.41) is 9.84. The lowest BCUT2D eigenvalue weighted by Crippen LogP contribution is -2.37. The number of carbonyl (C=O) groups excluding carboxylic acids is 2. The number of aliphatic hydroxyl groups is 1. The summed E-state index contributed by atoms with van der Waals surface area (Å²) in [5.74, 6) is -1.20. The number of nitrogen functional groups attached to an aromatic ring is 1. The maximum absolute atomic E-state index is 11.6. The van der Waals surface area contributed by atoms with Crippen LogP contribution in [-0.4, -0.2) is 36.6 Å². The molecule has 1 fully saturated rings. The smallest absolute Gasteiger partial charge is 0.260 e. The van der Waals surface area contributed by atoms with Gasteiger partial charge in [0.1, 0.15) is 9.88 Å². The summed E-state index contributed by atoms with van der Waals surface area (Å²) in [5.41, 5.74) is 16.6. The van der Waals surface area contributed by atoms with Gasteiger partial charge in [-0.05, 0) is 18.8 Å². The van der Waals surface area contributed by atoms with Crippen molar-refractivity contribution in [2.75, 3.05) is 30.3 Å². The van der Waals surface area contributed by atoms with Crippen molar-refractivity contribution in [1.82, 2.24) is 0 Å². The van der Waals surface area contributed by atoms with Gasteiger partial charge >= 0.3 is 0 Å². The quantitative estimate of drug-likeness (QED) is 0.607. The van der Waals surface area contributed by atoms with Crippen molar-refractivity contribution in [3.8, 4) is 0 Å². The molecule has 1 aliphatic rings. The molecule has 2 heterocycles. The van der Waals surface area contributed by atoms with E-state index < -0.39 is 11.8 Å². The van der Waals surface area contributed by atoms with E-state index in [0.717, 1.165) is 30.7 Å². The number of piperidine rings is 1. The summed E-state index contributed by atoms with van der Waals surface area (Å²) in [7, 11) is 0. The van der Waals surface area contributed by atoms with E-state index in [4.69, 9.17) is 17.2 Å². The molecule has 0 radical (unpaired) electrons. The van der Waals surface area contributed by atoms with Crippen LogP contribution in [-0.2, 0) is 0 Å². The normalized spacial score (nSPS) is 19.1. The Balaban J connectivity index is 2.42. The molecule has 1 aromatic heterocycles. The number of primary amides is 2. The minimum absolute atomic E-state index is 0.0520. The highest BCUT2D eigenvalue weighted by Gasteiger charge is 2.29. The van der Waals surface area contributed by atoms with Crippen LogP contribution in [0.15, 0.2) is 0 Å². The molecule has 2 rings (SSSR count). The fourth-order valence-corrected chi connectivity index (χ4v) is 3.59. The third kappa shape index (κ3) is 2.56. The number of anilines is 2. The topological polar surface area (TPSA) is 136 Å². The Morgan fingerprint density at radius 1 is 1.35 bits per heavy atom. The zero-order valence-electron chi connectivity index (χ0n) is 11.0. The highest BCUT2D eigenvalue weighted by atomic mass is 32.1. The van der Waals surface area contributed by atoms with Gasteiger partial charge in [0.25, 0.3) is 11.8 Å². The summed E-state index contributed by atoms with van der Waals surface area (Å²) in [6, 6.07) is 0. The van der Waals surface area contributed by atoms with Gasteiger partial charge in [0.15, 0.2) is 0 Å². The van der Waals surface area contributed by atoms with Gasteiger partial charge in [-0.15, -0.1) is 11.3 Å². The predicted molar refractivity (Wildman–Crippen MR) is 77.8 cm³/mol. The summed E-state index contributed by atoms with van der Waals surface area (Å²) in [6.45, 7) is 1.43. The molecule has 1 saturated heterocycles. The van der Waals surface area contributed by atoms with E-state index in [1.54, 1.807) is 0 Å². The molecule has 20 heavy (non-hydrogen) atoms. The van der Waals surface area contributed by atoms with Crippen LogP contribution in [0.5, 0.6) is 0 Å². The number of hydrogen-bond donors (Lipinski definition) is 4. The van der Waals surface area contributed by atoms with Crippen LogP contribution in [0.25, 0.3) is 0 Å². The zero-order valence-corrected chi connectivity index (χ0v) is 11.8. The van der Waals surface area contributed by atoms with Crippen LogP contribution in [0.2, 0.25) is 0 Å². The zero-order chi connectivity index (χ0) is 14.9. The number of carbonyl (C=O) groups is 2. The first kappa shape index (κ1) is 14.6. The molecule has 1 aliphatic heterocycles. The van der Waals surface area contributed by atoms with Crippen LogP contribution >= 0.6 is 11.3 Å². The van der Waals surface area contributed by atoms with Crippen LogP contribution in [0.1, 0.15) is 32.9 Å². The molecule has 1 unspecified atom stereocenters. The van der Waals surface area contributed by atoms with Gasteiger partial charge in [-0.1, -0.05) is 0 Å². The van der Waals surface area contributed by atoms with Crippen molar-refractivity contribution in [1.29, 1.82) is 0 Å². The van der Waals surface area contributed by atoms with Gasteiger partial charge in [-0.25, -0.2) is 0 Å². The first-order chi connectivity index (χ1) is 9.45. The number of aliphatic hydroxyl groups excluding tert-OH is 1. The SMILES string of the molecule is NC(=O)c1sc(N2CCCC(CO)C2)c(C(N)=O)c1N. The highest BCUT2D eigenvalue weighted by Crippen LogP contribution is 2.39. The molecule has 1 atom stereocenters. The summed E-state index contributed by atoms with van der Waals surface area (Å²) >= 11 is 1.09. The average molecular weight is 298 g/mol. The van der Waals surface area contributed by atoms with Crippen LogP contribution in [0.4, 0.5) is 10.7 Å². The largest absolute Gasteiger partial charge is 0.397 e. The molecule has 0 saturated carbocycles. The Bertz CT molecular complexity index is 543. The molecule has 2 amide bonds. The van der Waals surface area contributed by atoms with E-state index in [1.807, 2.05) is 4.90 Å². The molecule has 7 N–H and O–H groups in total. The molecule has 0 spiro atoms.